The lowest BCUT2D eigenvalue weighted by Gasteiger charge is -2.48. The SMILES string of the molecule is C/C1=C2N=C(/C=C3\N/C(=C(/C)C4=N[C@@](C)(C5N=C1[C@](C)(CCC(=O)NC[C@@H](C)OP(=O)(O)OC[C@H]1O[C@@H](n6cnc7c(N)ncnc76)[C@H](O)[C@@H]1O)[C@H]5CC(N)=O)[C@@](C)(CC(N)=O)[C@@H]4CCC(N)=O)[C@@](C)(CC(N)=O)[C@@H]3CCC(N)=O)C(C)(C)[C@@H]/2CCC(N)=O. The summed E-state index contributed by atoms with van der Waals surface area (Å²) in [6.45, 7) is 15.3. The molecule has 31 heteroatoms. The van der Waals surface area contributed by atoms with E-state index in [9.17, 15) is 53.2 Å². The summed E-state index contributed by atoms with van der Waals surface area (Å²) >= 11 is 0. The molecule has 0 spiro atoms. The second-order valence-electron chi connectivity index (χ2n) is 26.1. The highest BCUT2D eigenvalue weighted by Crippen LogP contribution is 2.62. The lowest BCUT2D eigenvalue weighted by molar-refractivity contribution is -0.124. The number of nitrogen functional groups attached to an aromatic ring is 1. The first-order valence-electron chi connectivity index (χ1n) is 29.7. The van der Waals surface area contributed by atoms with E-state index >= 15 is 0 Å². The molecule has 8 heterocycles. The van der Waals surface area contributed by atoms with Crippen LogP contribution in [0.3, 0.4) is 0 Å². The van der Waals surface area contributed by atoms with E-state index in [4.69, 9.17) is 68.9 Å². The smallest absolute Gasteiger partial charge is 0.387 e. The van der Waals surface area contributed by atoms with E-state index in [1.807, 2.05) is 61.5 Å². The largest absolute Gasteiger partial charge is 0.472 e. The number of phosphoric ester groups is 1. The van der Waals surface area contributed by atoms with Crippen molar-refractivity contribution in [2.45, 2.75) is 175 Å². The summed E-state index contributed by atoms with van der Waals surface area (Å²) in [6, 6.07) is -1.04. The Balaban J connectivity index is 1.17. The zero-order valence-electron chi connectivity index (χ0n) is 51.6. The lowest BCUT2D eigenvalue weighted by Crippen LogP contribution is -2.56. The van der Waals surface area contributed by atoms with Crippen LogP contribution in [0, 0.1) is 45.3 Å². The van der Waals surface area contributed by atoms with Gasteiger partial charge in [-0.1, -0.05) is 34.6 Å². The molecule has 89 heavy (non-hydrogen) atoms. The number of carbonyl (C=O) groups excluding carboxylic acids is 7. The molecule has 19 N–H and O–H groups in total. The zero-order chi connectivity index (χ0) is 65.8. The maximum atomic E-state index is 14.3. The number of fused-ring (bicyclic) bond motifs is 7. The van der Waals surface area contributed by atoms with Crippen LogP contribution in [0.25, 0.3) is 11.2 Å². The van der Waals surface area contributed by atoms with Crippen LogP contribution in [0.4, 0.5) is 5.82 Å². The maximum absolute atomic E-state index is 14.3. The minimum Gasteiger partial charge on any atom is -0.387 e. The molecule has 8 bridgehead atoms. The van der Waals surface area contributed by atoms with Gasteiger partial charge in [-0.3, -0.25) is 62.2 Å². The van der Waals surface area contributed by atoms with Crippen molar-refractivity contribution in [2.75, 3.05) is 18.9 Å². The fourth-order valence-electron chi connectivity index (χ4n) is 14.9. The van der Waals surface area contributed by atoms with Crippen LogP contribution in [0.1, 0.15) is 139 Å². The number of aliphatic imine (C=N–C) groups is 3. The Morgan fingerprint density at radius 2 is 1.42 bits per heavy atom. The summed E-state index contributed by atoms with van der Waals surface area (Å²) in [5.41, 5.74) is 40.4. The maximum Gasteiger partial charge on any atom is 0.472 e. The number of aromatic nitrogens is 4. The summed E-state index contributed by atoms with van der Waals surface area (Å²) < 4.78 is 31.1. The monoisotopic (exact) mass is 1260 g/mol. The quantitative estimate of drug-likeness (QED) is 0.0583. The van der Waals surface area contributed by atoms with Crippen molar-refractivity contribution in [2.24, 2.45) is 94.7 Å². The predicted octanol–water partition coefficient (Wildman–Crippen LogP) is 0.919. The minimum atomic E-state index is -4.94. The summed E-state index contributed by atoms with van der Waals surface area (Å²) in [6.07, 6.45) is -3.46. The normalized spacial score (nSPS) is 34.4. The Hall–Kier alpha value is -7.34. The number of aliphatic hydroxyl groups is 2. The first-order chi connectivity index (χ1) is 41.4. The number of nitrogens with one attached hydrogen (secondary N) is 2. The zero-order valence-corrected chi connectivity index (χ0v) is 52.5. The first kappa shape index (κ1) is 67.6. The van der Waals surface area contributed by atoms with Crippen LogP contribution >= 0.6 is 7.82 Å². The van der Waals surface area contributed by atoms with Gasteiger partial charge in [-0.15, -0.1) is 0 Å². The molecule has 2 saturated heterocycles. The number of hydrogen-bond acceptors (Lipinski definition) is 21. The van der Waals surface area contributed by atoms with Crippen molar-refractivity contribution in [3.8, 4) is 0 Å². The highest BCUT2D eigenvalue weighted by molar-refractivity contribution is 7.47. The number of aliphatic hydroxyl groups excluding tert-OH is 2. The van der Waals surface area contributed by atoms with E-state index in [-0.39, 0.29) is 94.2 Å². The summed E-state index contributed by atoms with van der Waals surface area (Å²) in [4.78, 5) is 133. The third kappa shape index (κ3) is 12.9. The number of imidazole rings is 1. The second-order valence-corrected chi connectivity index (χ2v) is 27.5. The Morgan fingerprint density at radius 3 is 2.02 bits per heavy atom. The summed E-state index contributed by atoms with van der Waals surface area (Å²) in [5, 5.41) is 28.2. The van der Waals surface area contributed by atoms with Crippen LogP contribution in [-0.2, 0) is 51.9 Å². The average Bonchev–Trinajstić information content (AvgIpc) is 1.55. The van der Waals surface area contributed by atoms with Gasteiger partial charge >= 0.3 is 7.82 Å². The topological polar surface area (TPSA) is 512 Å². The molecule has 7 amide bonds. The van der Waals surface area contributed by atoms with Crippen LogP contribution < -0.4 is 50.8 Å². The number of hydrogen-bond donors (Lipinski definition) is 12. The second kappa shape index (κ2) is 25.1. The number of amides is 7. The number of ether oxygens (including phenoxy) is 1. The highest BCUT2D eigenvalue weighted by Gasteiger charge is 2.66. The molecule has 486 valence electrons. The molecule has 8 rings (SSSR count). The average molecular weight is 1260 g/mol. The standard InChI is InChI=1S/C58H85N16O14P/c1-26(88-89(84,85)86-23-34-46(82)47(83)53(87-34)74-25-69-45-51(65)67-24-68-52(45)74)22-66-42(81)16-17-55(6)32(18-39(62)78)50-58(9)57(8,21-41(64)80)31(12-15-38(61)77)44(73-58)28(3)49-56(7,20-40(63)79)29(10-13-36(59)75)33(70-49)19-35-54(4,5)30(11-14-37(60)76)43(71-35)27(2)48(55)72-50/h19,24-26,29-32,34,46-47,50,53,70,82-83H,10-18,20-23H2,1-9H3,(H2,59,75)(H2,60,76)(H2,61,77)(H2,62,78)(H2,63,79)(H2,64,80)(H,66,81)(H,84,85)(H2,65,67,68)/b33-19-,43-27-,49-28-/t26-,29-,30-,31-,32+,34-,46-,47-,50?,53-,55-,56+,57+,58+/m1/s1. The van der Waals surface area contributed by atoms with Crippen LogP contribution in [0.15, 0.2) is 61.9 Å². The van der Waals surface area contributed by atoms with E-state index in [1.165, 1.54) is 24.1 Å². The fraction of sp³-hybridized carbons (Fsp3) is 0.638. The Kier molecular flexibility index (Phi) is 19.1. The van der Waals surface area contributed by atoms with Crippen LogP contribution in [-0.4, -0.2) is 142 Å². The van der Waals surface area contributed by atoms with E-state index in [0.717, 1.165) is 0 Å². The number of rotatable bonds is 26. The van der Waals surface area contributed by atoms with Gasteiger partial charge in [-0.25, -0.2) is 19.5 Å². The molecule has 15 atom stereocenters. The Bertz CT molecular complexity index is 3490. The summed E-state index contributed by atoms with van der Waals surface area (Å²) in [7, 11) is -4.94. The van der Waals surface area contributed by atoms with Crippen molar-refractivity contribution in [3.63, 3.8) is 0 Å². The van der Waals surface area contributed by atoms with Crippen molar-refractivity contribution >= 4 is 83.3 Å². The molecule has 0 saturated carbocycles. The Morgan fingerprint density at radius 1 is 0.798 bits per heavy atom. The third-order valence-corrected chi connectivity index (χ3v) is 20.9. The molecule has 30 nitrogen and oxygen atoms in total. The minimum absolute atomic E-state index is 0.0143. The van der Waals surface area contributed by atoms with E-state index in [0.29, 0.717) is 45.4 Å². The van der Waals surface area contributed by atoms with Gasteiger partial charge in [0.05, 0.1) is 30.6 Å². The van der Waals surface area contributed by atoms with Gasteiger partial charge in [0.2, 0.25) is 41.4 Å². The van der Waals surface area contributed by atoms with Gasteiger partial charge in [0.25, 0.3) is 0 Å². The van der Waals surface area contributed by atoms with Gasteiger partial charge in [-0.2, -0.15) is 0 Å². The number of carbonyl (C=O) groups is 7. The first-order valence-corrected chi connectivity index (χ1v) is 31.2. The molecular formula is C58H85N16O14P. The Labute approximate surface area is 514 Å². The van der Waals surface area contributed by atoms with Gasteiger partial charge in [0.15, 0.2) is 17.7 Å². The molecule has 6 aliphatic rings. The number of nitrogens with two attached hydrogens (primary N) is 7. The number of primary amides is 6. The molecule has 0 radical (unpaired) electrons. The van der Waals surface area contributed by atoms with Crippen molar-refractivity contribution in [1.82, 2.24) is 30.2 Å². The van der Waals surface area contributed by atoms with E-state index in [1.54, 1.807) is 0 Å². The van der Waals surface area contributed by atoms with Crippen molar-refractivity contribution < 1.29 is 67.0 Å². The van der Waals surface area contributed by atoms with Crippen molar-refractivity contribution in [3.05, 3.63) is 47.0 Å². The van der Waals surface area contributed by atoms with Crippen LogP contribution in [0.2, 0.25) is 0 Å². The molecule has 2 aromatic heterocycles. The lowest BCUT2D eigenvalue weighted by atomic mass is 9.55. The van der Waals surface area contributed by atoms with Crippen molar-refractivity contribution in [1.29, 1.82) is 0 Å². The highest BCUT2D eigenvalue weighted by atomic mass is 31.2. The molecule has 6 aliphatic heterocycles. The molecule has 0 aliphatic carbocycles. The molecular weight excluding hydrogens is 1180 g/mol. The third-order valence-electron chi connectivity index (χ3n) is 19.8. The fourth-order valence-corrected chi connectivity index (χ4v) is 15.8. The summed E-state index contributed by atoms with van der Waals surface area (Å²) in [5.74, 6) is -7.15. The number of phosphoric acid groups is 1. The van der Waals surface area contributed by atoms with E-state index < -0.39 is 143 Å². The number of allylic oxidation sites excluding steroid dienone is 6. The predicted molar refractivity (Wildman–Crippen MR) is 324 cm³/mol. The van der Waals surface area contributed by atoms with Crippen LogP contribution in [0.5, 0.6) is 0 Å². The van der Waals surface area contributed by atoms with Gasteiger partial charge in [0, 0.05) is 131 Å². The van der Waals surface area contributed by atoms with E-state index in [2.05, 4.69) is 25.6 Å². The molecule has 2 aromatic rings. The van der Waals surface area contributed by atoms with Gasteiger partial charge in [0.1, 0.15) is 30.2 Å². The molecule has 2 unspecified atom stereocenters. The molecule has 2 fully saturated rings. The number of anilines is 1. The van der Waals surface area contributed by atoms with Gasteiger partial charge in [-0.05, 0) is 70.6 Å². The number of nitrogens with zero attached hydrogens (tertiary/aromatic N) is 7. The molecule has 0 aromatic carbocycles. The van der Waals surface area contributed by atoms with Gasteiger partial charge < -0.3 is 70.6 Å².